The molecule has 0 saturated heterocycles. The summed E-state index contributed by atoms with van der Waals surface area (Å²) < 4.78 is 40.8. The van der Waals surface area contributed by atoms with Gasteiger partial charge in [-0.05, 0) is 61.0 Å². The first-order valence-electron chi connectivity index (χ1n) is 11.6. The molecule has 0 aliphatic heterocycles. The summed E-state index contributed by atoms with van der Waals surface area (Å²) in [6, 6.07) is 13.4. The van der Waals surface area contributed by atoms with Gasteiger partial charge in [0.1, 0.15) is 0 Å². The molecule has 4 aromatic rings. The highest BCUT2D eigenvalue weighted by Crippen LogP contribution is 2.37. The molecule has 0 radical (unpaired) electrons. The first-order chi connectivity index (χ1) is 18.1. The Morgan fingerprint density at radius 1 is 0.947 bits per heavy atom. The van der Waals surface area contributed by atoms with Crippen molar-refractivity contribution < 1.29 is 22.8 Å². The maximum Gasteiger partial charge on any atom is 0.418 e. The van der Waals surface area contributed by atoms with Crippen molar-refractivity contribution >= 4 is 34.8 Å². The van der Waals surface area contributed by atoms with Crippen LogP contribution in [0.15, 0.2) is 73.2 Å². The Balaban J connectivity index is 1.55. The SMILES string of the molecule is CCC(=O)Nc1ccc(NC(=O)c2ccc(C)c(Nc3nccc(-c4cccnc4)n3)c2)cc1C(F)(F)F. The zero-order chi connectivity index (χ0) is 27.3. The minimum atomic E-state index is -4.73. The third-order valence-electron chi connectivity index (χ3n) is 5.54. The monoisotopic (exact) mass is 520 g/mol. The normalized spacial score (nSPS) is 11.1. The Labute approximate surface area is 216 Å². The van der Waals surface area contributed by atoms with Gasteiger partial charge in [0.15, 0.2) is 0 Å². The van der Waals surface area contributed by atoms with Crippen LogP contribution in [0.25, 0.3) is 11.3 Å². The van der Waals surface area contributed by atoms with Gasteiger partial charge in [-0.1, -0.05) is 13.0 Å². The van der Waals surface area contributed by atoms with Crippen LogP contribution in [0.5, 0.6) is 0 Å². The lowest BCUT2D eigenvalue weighted by molar-refractivity contribution is -0.136. The third-order valence-corrected chi connectivity index (χ3v) is 5.54. The lowest BCUT2D eigenvalue weighted by Gasteiger charge is -2.16. The summed E-state index contributed by atoms with van der Waals surface area (Å²) in [7, 11) is 0. The molecule has 8 nitrogen and oxygen atoms in total. The average molecular weight is 521 g/mol. The van der Waals surface area contributed by atoms with Crippen LogP contribution >= 0.6 is 0 Å². The van der Waals surface area contributed by atoms with E-state index in [1.165, 1.54) is 13.0 Å². The number of carbonyl (C=O) groups is 2. The van der Waals surface area contributed by atoms with Crippen molar-refractivity contribution in [2.24, 2.45) is 0 Å². The number of hydrogen-bond acceptors (Lipinski definition) is 6. The fourth-order valence-electron chi connectivity index (χ4n) is 3.52. The van der Waals surface area contributed by atoms with Gasteiger partial charge >= 0.3 is 6.18 Å². The van der Waals surface area contributed by atoms with E-state index in [0.717, 1.165) is 23.3 Å². The molecule has 2 aromatic heterocycles. The molecule has 0 aliphatic rings. The van der Waals surface area contributed by atoms with E-state index in [1.807, 2.05) is 13.0 Å². The maximum atomic E-state index is 13.6. The van der Waals surface area contributed by atoms with Crippen molar-refractivity contribution in [1.82, 2.24) is 15.0 Å². The number of pyridine rings is 1. The molecule has 2 aromatic carbocycles. The zero-order valence-corrected chi connectivity index (χ0v) is 20.4. The smallest absolute Gasteiger partial charge is 0.326 e. The predicted molar refractivity (Wildman–Crippen MR) is 138 cm³/mol. The predicted octanol–water partition coefficient (Wildman–Crippen LogP) is 6.21. The van der Waals surface area contributed by atoms with Gasteiger partial charge in [-0.3, -0.25) is 14.6 Å². The quantitative estimate of drug-likeness (QED) is 0.267. The summed E-state index contributed by atoms with van der Waals surface area (Å²) in [6.45, 7) is 3.36. The van der Waals surface area contributed by atoms with Gasteiger partial charge in [0.25, 0.3) is 5.91 Å². The Hall–Kier alpha value is -4.80. The number of carbonyl (C=O) groups excluding carboxylic acids is 2. The molecule has 2 heterocycles. The van der Waals surface area contributed by atoms with Gasteiger partial charge in [-0.15, -0.1) is 0 Å². The van der Waals surface area contributed by atoms with Crippen LogP contribution in [0.1, 0.15) is 34.8 Å². The fraction of sp³-hybridized carbons (Fsp3) is 0.148. The highest BCUT2D eigenvalue weighted by atomic mass is 19.4. The summed E-state index contributed by atoms with van der Waals surface area (Å²) in [5.74, 6) is -0.870. The minimum Gasteiger partial charge on any atom is -0.326 e. The van der Waals surface area contributed by atoms with Crippen LogP contribution in [0.2, 0.25) is 0 Å². The Bertz CT molecular complexity index is 1480. The van der Waals surface area contributed by atoms with Crippen molar-refractivity contribution in [2.45, 2.75) is 26.4 Å². The molecular weight excluding hydrogens is 497 g/mol. The number of rotatable bonds is 7. The van der Waals surface area contributed by atoms with E-state index >= 15 is 0 Å². The Morgan fingerprint density at radius 3 is 2.47 bits per heavy atom. The number of aryl methyl sites for hydroxylation is 1. The summed E-state index contributed by atoms with van der Waals surface area (Å²) in [5, 5.41) is 7.81. The van der Waals surface area contributed by atoms with Crippen molar-refractivity contribution in [2.75, 3.05) is 16.0 Å². The molecule has 0 aliphatic carbocycles. The molecule has 0 fully saturated rings. The molecule has 4 rings (SSSR count). The topological polar surface area (TPSA) is 109 Å². The summed E-state index contributed by atoms with van der Waals surface area (Å²) >= 11 is 0. The highest BCUT2D eigenvalue weighted by molar-refractivity contribution is 6.05. The van der Waals surface area contributed by atoms with Crippen LogP contribution in [-0.2, 0) is 11.0 Å². The van der Waals surface area contributed by atoms with Crippen molar-refractivity contribution in [3.63, 3.8) is 0 Å². The molecule has 38 heavy (non-hydrogen) atoms. The van der Waals surface area contributed by atoms with E-state index in [1.54, 1.807) is 48.9 Å². The Kier molecular flexibility index (Phi) is 7.66. The summed E-state index contributed by atoms with van der Waals surface area (Å²) in [6.07, 6.45) is 0.221. The number of alkyl halides is 3. The van der Waals surface area contributed by atoms with Crippen molar-refractivity contribution in [1.29, 1.82) is 0 Å². The number of benzene rings is 2. The highest BCUT2D eigenvalue weighted by Gasteiger charge is 2.34. The fourth-order valence-corrected chi connectivity index (χ4v) is 3.52. The molecule has 2 amide bonds. The largest absolute Gasteiger partial charge is 0.418 e. The van der Waals surface area contributed by atoms with Crippen LogP contribution in [0.4, 0.5) is 36.2 Å². The average Bonchev–Trinajstić information content (AvgIpc) is 2.90. The lowest BCUT2D eigenvalue weighted by Crippen LogP contribution is -2.17. The molecule has 0 saturated carbocycles. The van der Waals surface area contributed by atoms with Crippen molar-refractivity contribution in [3.05, 3.63) is 89.9 Å². The number of aromatic nitrogens is 3. The van der Waals surface area contributed by atoms with E-state index in [4.69, 9.17) is 0 Å². The maximum absolute atomic E-state index is 13.6. The van der Waals surface area contributed by atoms with E-state index < -0.39 is 23.6 Å². The second-order valence-electron chi connectivity index (χ2n) is 8.28. The summed E-state index contributed by atoms with van der Waals surface area (Å²) in [4.78, 5) is 37.3. The van der Waals surface area contributed by atoms with Gasteiger partial charge in [0.2, 0.25) is 11.9 Å². The van der Waals surface area contributed by atoms with E-state index in [9.17, 15) is 22.8 Å². The van der Waals surface area contributed by atoms with Gasteiger partial charge in [-0.25, -0.2) is 9.97 Å². The molecule has 0 unspecified atom stereocenters. The Morgan fingerprint density at radius 2 is 1.76 bits per heavy atom. The van der Waals surface area contributed by atoms with Gasteiger partial charge in [0.05, 0.1) is 16.9 Å². The number of halogens is 3. The lowest BCUT2D eigenvalue weighted by atomic mass is 10.1. The number of amides is 2. The number of nitrogens with one attached hydrogen (secondary N) is 3. The molecule has 194 valence electrons. The first-order valence-corrected chi connectivity index (χ1v) is 11.6. The van der Waals surface area contributed by atoms with E-state index in [2.05, 4.69) is 30.9 Å². The molecular formula is C27H23F3N6O2. The van der Waals surface area contributed by atoms with Crippen LogP contribution in [-0.4, -0.2) is 26.8 Å². The molecule has 11 heteroatoms. The number of anilines is 4. The van der Waals surface area contributed by atoms with E-state index in [-0.39, 0.29) is 23.4 Å². The minimum absolute atomic E-state index is 0.0262. The third kappa shape index (κ3) is 6.30. The van der Waals surface area contributed by atoms with E-state index in [0.29, 0.717) is 17.3 Å². The zero-order valence-electron chi connectivity index (χ0n) is 20.4. The van der Waals surface area contributed by atoms with Gasteiger partial charge in [-0.2, -0.15) is 13.2 Å². The summed E-state index contributed by atoms with van der Waals surface area (Å²) in [5.41, 5.74) is 1.51. The van der Waals surface area contributed by atoms with Gasteiger partial charge < -0.3 is 16.0 Å². The van der Waals surface area contributed by atoms with Crippen LogP contribution < -0.4 is 16.0 Å². The molecule has 3 N–H and O–H groups in total. The van der Waals surface area contributed by atoms with Gasteiger partial charge in [0, 0.05) is 47.5 Å². The second kappa shape index (κ2) is 11.1. The molecule has 0 bridgehead atoms. The molecule has 0 spiro atoms. The van der Waals surface area contributed by atoms with Crippen LogP contribution in [0, 0.1) is 6.92 Å². The number of hydrogen-bond donors (Lipinski definition) is 3. The number of nitrogens with zero attached hydrogens (tertiary/aromatic N) is 3. The standard InChI is InChI=1S/C27H23F3N6O2/c1-3-24(37)34-22-9-8-19(14-20(22)27(28,29)30)33-25(38)17-7-6-16(2)23(13-17)36-26-32-12-10-21(35-26)18-5-4-11-31-15-18/h4-15H,3H2,1-2H3,(H,33,38)(H,34,37)(H,32,35,36). The van der Waals surface area contributed by atoms with Crippen LogP contribution in [0.3, 0.4) is 0 Å². The van der Waals surface area contributed by atoms with Crippen molar-refractivity contribution in [3.8, 4) is 11.3 Å². The second-order valence-corrected chi connectivity index (χ2v) is 8.28. The molecule has 0 atom stereocenters. The first kappa shape index (κ1) is 26.3.